The summed E-state index contributed by atoms with van der Waals surface area (Å²) in [6.45, 7) is 1.99. The van der Waals surface area contributed by atoms with E-state index in [1.54, 1.807) is 18.2 Å². The molecule has 4 heteroatoms. The molecule has 2 heterocycles. The number of rotatable bonds is 1. The molecule has 0 saturated carbocycles. The number of nitrogens with zero attached hydrogens (tertiary/aromatic N) is 1. The molecular formula is C10H9ClN2O. The van der Waals surface area contributed by atoms with Crippen LogP contribution in [-0.2, 0) is 6.42 Å². The highest BCUT2D eigenvalue weighted by molar-refractivity contribution is 6.29. The van der Waals surface area contributed by atoms with Crippen LogP contribution in [0.2, 0.25) is 5.15 Å². The van der Waals surface area contributed by atoms with E-state index in [4.69, 9.17) is 11.6 Å². The first-order valence-corrected chi connectivity index (χ1v) is 4.77. The van der Waals surface area contributed by atoms with Gasteiger partial charge >= 0.3 is 0 Å². The second-order valence-electron chi connectivity index (χ2n) is 3.04. The molecule has 0 aliphatic heterocycles. The maximum absolute atomic E-state index is 11.6. The molecular weight excluding hydrogens is 200 g/mol. The quantitative estimate of drug-likeness (QED) is 0.730. The van der Waals surface area contributed by atoms with Gasteiger partial charge < -0.3 is 4.98 Å². The molecule has 0 saturated heterocycles. The van der Waals surface area contributed by atoms with Crippen molar-refractivity contribution in [2.45, 2.75) is 13.3 Å². The number of aromatic nitrogens is 2. The average molecular weight is 209 g/mol. The highest BCUT2D eigenvalue weighted by Crippen LogP contribution is 2.10. The summed E-state index contributed by atoms with van der Waals surface area (Å²) < 4.78 is 0. The molecule has 0 unspecified atom stereocenters. The Balaban J connectivity index is 2.83. The van der Waals surface area contributed by atoms with E-state index in [2.05, 4.69) is 9.97 Å². The monoisotopic (exact) mass is 208 g/mol. The van der Waals surface area contributed by atoms with Crippen LogP contribution in [0.15, 0.2) is 23.0 Å². The number of aromatic amines is 1. The van der Waals surface area contributed by atoms with Crippen molar-refractivity contribution < 1.29 is 0 Å². The highest BCUT2D eigenvalue weighted by atomic mass is 35.5. The third kappa shape index (κ3) is 1.51. The lowest BCUT2D eigenvalue weighted by molar-refractivity contribution is 1.05. The molecule has 0 bridgehead atoms. The largest absolute Gasteiger partial charge is 0.357 e. The molecule has 2 rings (SSSR count). The third-order valence-corrected chi connectivity index (χ3v) is 2.29. The van der Waals surface area contributed by atoms with E-state index in [-0.39, 0.29) is 5.43 Å². The topological polar surface area (TPSA) is 45.8 Å². The van der Waals surface area contributed by atoms with E-state index in [0.29, 0.717) is 10.7 Å². The Morgan fingerprint density at radius 3 is 3.00 bits per heavy atom. The number of pyridine rings is 2. The standard InChI is InChI=1S/C10H9ClN2O/c1-2-6-5-8(14)10-7(12-6)3-4-9(11)13-10/h3-5H,2H2,1H3,(H,12,14). The van der Waals surface area contributed by atoms with Crippen LogP contribution >= 0.6 is 11.6 Å². The predicted molar refractivity (Wildman–Crippen MR) is 56.8 cm³/mol. The van der Waals surface area contributed by atoms with Gasteiger partial charge in [0.25, 0.3) is 0 Å². The number of halogens is 1. The summed E-state index contributed by atoms with van der Waals surface area (Å²) in [5, 5.41) is 0.340. The second kappa shape index (κ2) is 3.42. The molecule has 0 aliphatic carbocycles. The average Bonchev–Trinajstić information content (AvgIpc) is 2.19. The summed E-state index contributed by atoms with van der Waals surface area (Å²) in [4.78, 5) is 18.7. The Morgan fingerprint density at radius 1 is 1.50 bits per heavy atom. The number of aryl methyl sites for hydroxylation is 1. The van der Waals surface area contributed by atoms with Gasteiger partial charge in [-0.2, -0.15) is 0 Å². The highest BCUT2D eigenvalue weighted by Gasteiger charge is 2.02. The zero-order chi connectivity index (χ0) is 10.1. The molecule has 14 heavy (non-hydrogen) atoms. The van der Waals surface area contributed by atoms with Gasteiger partial charge in [0.05, 0.1) is 5.52 Å². The lowest BCUT2D eigenvalue weighted by atomic mass is 10.2. The molecule has 3 nitrogen and oxygen atoms in total. The molecule has 0 radical (unpaired) electrons. The number of hydrogen-bond donors (Lipinski definition) is 1. The number of hydrogen-bond acceptors (Lipinski definition) is 2. The second-order valence-corrected chi connectivity index (χ2v) is 3.43. The fraction of sp³-hybridized carbons (Fsp3) is 0.200. The normalized spacial score (nSPS) is 10.7. The van der Waals surface area contributed by atoms with Gasteiger partial charge in [0, 0.05) is 11.8 Å². The summed E-state index contributed by atoms with van der Waals surface area (Å²) >= 11 is 5.70. The van der Waals surface area contributed by atoms with Gasteiger partial charge in [0.1, 0.15) is 10.7 Å². The molecule has 2 aromatic heterocycles. The van der Waals surface area contributed by atoms with E-state index in [1.807, 2.05) is 6.92 Å². The number of nitrogens with one attached hydrogen (secondary N) is 1. The first-order chi connectivity index (χ1) is 6.70. The van der Waals surface area contributed by atoms with Crippen molar-refractivity contribution in [3.8, 4) is 0 Å². The van der Waals surface area contributed by atoms with E-state index >= 15 is 0 Å². The van der Waals surface area contributed by atoms with Crippen molar-refractivity contribution in [2.24, 2.45) is 0 Å². The smallest absolute Gasteiger partial charge is 0.208 e. The summed E-state index contributed by atoms with van der Waals surface area (Å²) in [6.07, 6.45) is 0.799. The number of fused-ring (bicyclic) bond motifs is 1. The fourth-order valence-electron chi connectivity index (χ4n) is 1.35. The van der Waals surface area contributed by atoms with Crippen LogP contribution in [0.1, 0.15) is 12.6 Å². The summed E-state index contributed by atoms with van der Waals surface area (Å²) in [5.41, 5.74) is 1.96. The van der Waals surface area contributed by atoms with Crippen LogP contribution in [-0.4, -0.2) is 9.97 Å². The Bertz CT molecular complexity index is 533. The van der Waals surface area contributed by atoms with Gasteiger partial charge in [0.15, 0.2) is 0 Å². The van der Waals surface area contributed by atoms with Gasteiger partial charge in [-0.05, 0) is 18.6 Å². The van der Waals surface area contributed by atoms with Crippen molar-refractivity contribution in [1.29, 1.82) is 0 Å². The Morgan fingerprint density at radius 2 is 2.29 bits per heavy atom. The summed E-state index contributed by atoms with van der Waals surface area (Å²) in [7, 11) is 0. The zero-order valence-electron chi connectivity index (χ0n) is 7.67. The lowest BCUT2D eigenvalue weighted by Gasteiger charge is -2.00. The van der Waals surface area contributed by atoms with E-state index in [0.717, 1.165) is 17.6 Å². The van der Waals surface area contributed by atoms with Crippen molar-refractivity contribution in [3.05, 3.63) is 39.3 Å². The van der Waals surface area contributed by atoms with Gasteiger partial charge in [0.2, 0.25) is 5.43 Å². The Hall–Kier alpha value is -1.35. The molecule has 0 aliphatic rings. The number of H-pyrrole nitrogens is 1. The first kappa shape index (κ1) is 9.21. The van der Waals surface area contributed by atoms with Crippen molar-refractivity contribution >= 4 is 22.6 Å². The Labute approximate surface area is 85.7 Å². The molecule has 2 aromatic rings. The maximum Gasteiger partial charge on any atom is 0.208 e. The minimum Gasteiger partial charge on any atom is -0.357 e. The van der Waals surface area contributed by atoms with E-state index in [1.165, 1.54) is 0 Å². The molecule has 0 spiro atoms. The van der Waals surface area contributed by atoms with Crippen LogP contribution in [0.25, 0.3) is 11.0 Å². The molecule has 0 atom stereocenters. The Kier molecular flexibility index (Phi) is 2.25. The van der Waals surface area contributed by atoms with E-state index in [9.17, 15) is 4.79 Å². The van der Waals surface area contributed by atoms with Gasteiger partial charge in [-0.15, -0.1) is 0 Å². The molecule has 1 N–H and O–H groups in total. The van der Waals surface area contributed by atoms with Crippen molar-refractivity contribution in [1.82, 2.24) is 9.97 Å². The minimum atomic E-state index is -0.0851. The molecule has 0 fully saturated rings. The van der Waals surface area contributed by atoms with Crippen LogP contribution in [0.4, 0.5) is 0 Å². The minimum absolute atomic E-state index is 0.0851. The molecule has 72 valence electrons. The van der Waals surface area contributed by atoms with Gasteiger partial charge in [-0.1, -0.05) is 18.5 Å². The van der Waals surface area contributed by atoms with Crippen LogP contribution in [0, 0.1) is 0 Å². The van der Waals surface area contributed by atoms with Crippen LogP contribution in [0.3, 0.4) is 0 Å². The maximum atomic E-state index is 11.6. The lowest BCUT2D eigenvalue weighted by Crippen LogP contribution is -2.06. The summed E-state index contributed by atoms with van der Waals surface area (Å²) in [5.74, 6) is 0. The molecule has 0 aromatic carbocycles. The predicted octanol–water partition coefficient (Wildman–Crippen LogP) is 2.14. The molecule has 0 amide bonds. The van der Waals surface area contributed by atoms with Gasteiger partial charge in [-0.3, -0.25) is 4.79 Å². The van der Waals surface area contributed by atoms with Gasteiger partial charge in [-0.25, -0.2) is 4.98 Å². The van der Waals surface area contributed by atoms with Crippen LogP contribution < -0.4 is 5.43 Å². The summed E-state index contributed by atoms with van der Waals surface area (Å²) in [6, 6.07) is 5.00. The van der Waals surface area contributed by atoms with Crippen molar-refractivity contribution in [2.75, 3.05) is 0 Å². The van der Waals surface area contributed by atoms with Crippen molar-refractivity contribution in [3.63, 3.8) is 0 Å². The van der Waals surface area contributed by atoms with E-state index < -0.39 is 0 Å². The third-order valence-electron chi connectivity index (χ3n) is 2.08. The zero-order valence-corrected chi connectivity index (χ0v) is 8.43. The fourth-order valence-corrected chi connectivity index (χ4v) is 1.50. The van der Waals surface area contributed by atoms with Crippen LogP contribution in [0.5, 0.6) is 0 Å². The SMILES string of the molecule is CCc1cc(=O)c2nc(Cl)ccc2[nH]1. The first-order valence-electron chi connectivity index (χ1n) is 4.39.